The molecule has 0 saturated heterocycles. The predicted molar refractivity (Wildman–Crippen MR) is 86.9 cm³/mol. The molecule has 3 heteroatoms. The topological polar surface area (TPSA) is 30.5 Å². The zero-order valence-corrected chi connectivity index (χ0v) is 13.6. The summed E-state index contributed by atoms with van der Waals surface area (Å²) in [6, 6.07) is 9.18. The van der Waals surface area contributed by atoms with Gasteiger partial charge < -0.3 is 14.8 Å². The Bertz CT molecular complexity index is 415. The lowest BCUT2D eigenvalue weighted by Gasteiger charge is -2.19. The van der Waals surface area contributed by atoms with E-state index < -0.39 is 0 Å². The minimum Gasteiger partial charge on any atom is -0.497 e. The number of methoxy groups -OCH3 is 1. The van der Waals surface area contributed by atoms with Crippen LogP contribution in [0.2, 0.25) is 0 Å². The molecule has 1 N–H and O–H groups in total. The van der Waals surface area contributed by atoms with Gasteiger partial charge in [0.15, 0.2) is 0 Å². The first-order valence-corrected chi connectivity index (χ1v) is 8.15. The maximum absolute atomic E-state index is 5.72. The third kappa shape index (κ3) is 6.49. The quantitative estimate of drug-likeness (QED) is 0.716. The Morgan fingerprint density at radius 2 is 2.10 bits per heavy atom. The van der Waals surface area contributed by atoms with Crippen molar-refractivity contribution in [3.8, 4) is 5.75 Å². The van der Waals surface area contributed by atoms with Crippen molar-refractivity contribution in [3.05, 3.63) is 29.8 Å². The highest BCUT2D eigenvalue weighted by molar-refractivity contribution is 5.28. The third-order valence-corrected chi connectivity index (χ3v) is 3.91. The highest BCUT2D eigenvalue weighted by atomic mass is 16.5. The van der Waals surface area contributed by atoms with Crippen molar-refractivity contribution in [3.63, 3.8) is 0 Å². The maximum Gasteiger partial charge on any atom is 0.119 e. The van der Waals surface area contributed by atoms with Crippen molar-refractivity contribution in [1.82, 2.24) is 5.32 Å². The average molecular weight is 291 g/mol. The van der Waals surface area contributed by atoms with E-state index >= 15 is 0 Å². The number of hydrogen-bond donors (Lipinski definition) is 1. The fraction of sp³-hybridized carbons (Fsp3) is 0.667. The van der Waals surface area contributed by atoms with E-state index in [1.54, 1.807) is 7.11 Å². The Labute approximate surface area is 129 Å². The van der Waals surface area contributed by atoms with Gasteiger partial charge in [-0.3, -0.25) is 0 Å². The first kappa shape index (κ1) is 16.3. The van der Waals surface area contributed by atoms with Gasteiger partial charge in [-0.15, -0.1) is 0 Å². The van der Waals surface area contributed by atoms with Crippen LogP contribution in [0.3, 0.4) is 0 Å². The highest BCUT2D eigenvalue weighted by Crippen LogP contribution is 2.21. The monoisotopic (exact) mass is 291 g/mol. The molecule has 1 aliphatic carbocycles. The number of nitrogens with one attached hydrogen (secondary N) is 1. The summed E-state index contributed by atoms with van der Waals surface area (Å²) < 4.78 is 11.0. The molecule has 0 spiro atoms. The summed E-state index contributed by atoms with van der Waals surface area (Å²) in [5, 5.41) is 3.66. The summed E-state index contributed by atoms with van der Waals surface area (Å²) in [4.78, 5) is 0. The minimum atomic E-state index is 0.318. The number of benzene rings is 1. The molecule has 1 fully saturated rings. The molecule has 21 heavy (non-hydrogen) atoms. The summed E-state index contributed by atoms with van der Waals surface area (Å²) >= 11 is 0. The van der Waals surface area contributed by atoms with Crippen LogP contribution in [0.15, 0.2) is 24.3 Å². The van der Waals surface area contributed by atoms with Gasteiger partial charge in [0.1, 0.15) is 5.75 Å². The first-order valence-electron chi connectivity index (χ1n) is 8.15. The summed E-state index contributed by atoms with van der Waals surface area (Å²) in [6.07, 6.45) is 5.19. The van der Waals surface area contributed by atoms with Crippen molar-refractivity contribution in [2.24, 2.45) is 5.92 Å². The van der Waals surface area contributed by atoms with E-state index in [2.05, 4.69) is 37.4 Å². The molecule has 0 radical (unpaired) electrons. The lowest BCUT2D eigenvalue weighted by Crippen LogP contribution is -2.27. The van der Waals surface area contributed by atoms with Crippen molar-refractivity contribution in [1.29, 1.82) is 0 Å². The molecule has 1 atom stereocenters. The van der Waals surface area contributed by atoms with Gasteiger partial charge in [0.25, 0.3) is 0 Å². The molecule has 0 heterocycles. The Morgan fingerprint density at radius 3 is 2.76 bits per heavy atom. The second-order valence-corrected chi connectivity index (χ2v) is 6.31. The van der Waals surface area contributed by atoms with Gasteiger partial charge in [-0.05, 0) is 69.7 Å². The molecule has 0 aliphatic heterocycles. The van der Waals surface area contributed by atoms with Crippen LogP contribution >= 0.6 is 0 Å². The standard InChI is InChI=1S/C18H29NO2/c1-14(2)21-10-9-16(13-19-17-7-8-17)11-15-5-4-6-18(12-15)20-3/h4-6,12,14,16-17,19H,7-11,13H2,1-3H3. The molecule has 1 aromatic carbocycles. The average Bonchev–Trinajstić information content (AvgIpc) is 3.28. The van der Waals surface area contributed by atoms with Crippen LogP contribution in [0.25, 0.3) is 0 Å². The summed E-state index contributed by atoms with van der Waals surface area (Å²) in [7, 11) is 1.72. The van der Waals surface area contributed by atoms with Crippen LogP contribution < -0.4 is 10.1 Å². The molecule has 0 aromatic heterocycles. The van der Waals surface area contributed by atoms with Gasteiger partial charge in [0.2, 0.25) is 0 Å². The van der Waals surface area contributed by atoms with Gasteiger partial charge in [-0.1, -0.05) is 12.1 Å². The van der Waals surface area contributed by atoms with Crippen LogP contribution in [0.1, 0.15) is 38.7 Å². The molecule has 3 nitrogen and oxygen atoms in total. The van der Waals surface area contributed by atoms with Crippen LogP contribution in [-0.2, 0) is 11.2 Å². The summed E-state index contributed by atoms with van der Waals surface area (Å²) in [5.41, 5.74) is 1.35. The van der Waals surface area contributed by atoms with E-state index in [1.807, 2.05) is 6.07 Å². The number of hydrogen-bond acceptors (Lipinski definition) is 3. The van der Waals surface area contributed by atoms with E-state index in [1.165, 1.54) is 18.4 Å². The van der Waals surface area contributed by atoms with Gasteiger partial charge in [-0.2, -0.15) is 0 Å². The lowest BCUT2D eigenvalue weighted by molar-refractivity contribution is 0.0682. The maximum atomic E-state index is 5.72. The molecule has 1 unspecified atom stereocenters. The molecular weight excluding hydrogens is 262 g/mol. The van der Waals surface area contributed by atoms with Crippen LogP contribution in [-0.4, -0.2) is 32.4 Å². The molecule has 118 valence electrons. The van der Waals surface area contributed by atoms with E-state index in [-0.39, 0.29) is 0 Å². The molecular formula is C18H29NO2. The molecule has 1 saturated carbocycles. The minimum absolute atomic E-state index is 0.318. The van der Waals surface area contributed by atoms with Crippen LogP contribution in [0, 0.1) is 5.92 Å². The highest BCUT2D eigenvalue weighted by Gasteiger charge is 2.22. The Kier molecular flexibility index (Phi) is 6.52. The Balaban J connectivity index is 1.85. The summed E-state index contributed by atoms with van der Waals surface area (Å²) in [6.45, 7) is 6.13. The molecule has 0 bridgehead atoms. The van der Waals surface area contributed by atoms with E-state index in [0.29, 0.717) is 12.0 Å². The van der Waals surface area contributed by atoms with Crippen molar-refractivity contribution in [2.45, 2.75) is 51.7 Å². The second kappa shape index (κ2) is 8.40. The SMILES string of the molecule is COc1cccc(CC(CCOC(C)C)CNC2CC2)c1. The first-order chi connectivity index (χ1) is 10.2. The smallest absolute Gasteiger partial charge is 0.119 e. The van der Waals surface area contributed by atoms with Crippen molar-refractivity contribution >= 4 is 0 Å². The largest absolute Gasteiger partial charge is 0.497 e. The molecule has 2 rings (SSSR count). The number of ether oxygens (including phenoxy) is 2. The van der Waals surface area contributed by atoms with Crippen molar-refractivity contribution < 1.29 is 9.47 Å². The van der Waals surface area contributed by atoms with Gasteiger partial charge in [0, 0.05) is 12.6 Å². The second-order valence-electron chi connectivity index (χ2n) is 6.31. The lowest BCUT2D eigenvalue weighted by atomic mass is 9.96. The van der Waals surface area contributed by atoms with E-state index in [0.717, 1.165) is 37.8 Å². The predicted octanol–water partition coefficient (Wildman–Crippen LogP) is 3.42. The zero-order chi connectivity index (χ0) is 15.1. The van der Waals surface area contributed by atoms with E-state index in [4.69, 9.17) is 9.47 Å². The fourth-order valence-corrected chi connectivity index (χ4v) is 2.50. The molecule has 1 aromatic rings. The van der Waals surface area contributed by atoms with E-state index in [9.17, 15) is 0 Å². The van der Waals surface area contributed by atoms with Gasteiger partial charge in [-0.25, -0.2) is 0 Å². The number of rotatable bonds is 10. The van der Waals surface area contributed by atoms with Crippen LogP contribution in [0.5, 0.6) is 5.75 Å². The zero-order valence-electron chi connectivity index (χ0n) is 13.6. The van der Waals surface area contributed by atoms with Gasteiger partial charge >= 0.3 is 0 Å². The Morgan fingerprint density at radius 1 is 1.29 bits per heavy atom. The Hall–Kier alpha value is -1.06. The normalized spacial score (nSPS) is 16.2. The summed E-state index contributed by atoms with van der Waals surface area (Å²) in [5.74, 6) is 1.57. The van der Waals surface area contributed by atoms with Crippen LogP contribution in [0.4, 0.5) is 0 Å². The third-order valence-electron chi connectivity index (χ3n) is 3.91. The molecule has 0 amide bonds. The fourth-order valence-electron chi connectivity index (χ4n) is 2.50. The van der Waals surface area contributed by atoms with Crippen molar-refractivity contribution in [2.75, 3.05) is 20.3 Å². The van der Waals surface area contributed by atoms with Gasteiger partial charge in [0.05, 0.1) is 13.2 Å². The molecule has 1 aliphatic rings.